The van der Waals surface area contributed by atoms with Crippen LogP contribution >= 0.6 is 24.0 Å². The molecule has 21 heavy (non-hydrogen) atoms. The van der Waals surface area contributed by atoms with Gasteiger partial charge in [0.15, 0.2) is 5.96 Å². The Morgan fingerprint density at radius 3 is 3.10 bits per heavy atom. The molecule has 1 aromatic heterocycles. The molecule has 0 saturated carbocycles. The molecule has 1 unspecified atom stereocenters. The summed E-state index contributed by atoms with van der Waals surface area (Å²) in [6, 6.07) is 3.55. The number of guanidine groups is 1. The second-order valence-corrected chi connectivity index (χ2v) is 5.16. The summed E-state index contributed by atoms with van der Waals surface area (Å²) in [6.07, 6.45) is 5.60. The van der Waals surface area contributed by atoms with Gasteiger partial charge in [-0.1, -0.05) is 6.92 Å². The highest BCUT2D eigenvalue weighted by Crippen LogP contribution is 2.14. The van der Waals surface area contributed by atoms with Crippen LogP contribution in [0.5, 0.6) is 0 Å². The number of nitrogens with two attached hydrogens (primary N) is 1. The fourth-order valence-electron chi connectivity index (χ4n) is 2.29. The van der Waals surface area contributed by atoms with Crippen molar-refractivity contribution in [2.24, 2.45) is 16.6 Å². The van der Waals surface area contributed by atoms with Crippen LogP contribution in [0.1, 0.15) is 19.8 Å². The number of nitrogens with zero attached hydrogens (tertiary/aromatic N) is 3. The highest BCUT2D eigenvalue weighted by molar-refractivity contribution is 14.0. The first-order chi connectivity index (χ1) is 9.65. The zero-order valence-electron chi connectivity index (χ0n) is 12.2. The van der Waals surface area contributed by atoms with Crippen molar-refractivity contribution in [2.45, 2.75) is 19.8 Å². The summed E-state index contributed by atoms with van der Waals surface area (Å²) >= 11 is 0. The van der Waals surface area contributed by atoms with Crippen molar-refractivity contribution >= 4 is 41.5 Å². The summed E-state index contributed by atoms with van der Waals surface area (Å²) in [5, 5.41) is 2.73. The highest BCUT2D eigenvalue weighted by atomic mass is 127. The molecule has 7 heteroatoms. The molecule has 2 heterocycles. The fraction of sp³-hybridized carbons (Fsp3) is 0.500. The number of carbonyl (C=O) groups is 1. The monoisotopic (exact) mass is 403 g/mol. The van der Waals surface area contributed by atoms with Crippen molar-refractivity contribution in [3.05, 3.63) is 24.5 Å². The molecule has 6 nitrogen and oxygen atoms in total. The largest absolute Gasteiger partial charge is 0.370 e. The van der Waals surface area contributed by atoms with Gasteiger partial charge >= 0.3 is 0 Å². The SMILES string of the molecule is CC1CCCN(C(N)=NCC(=O)Nc2cccnc2)C1.I. The molecule has 1 saturated heterocycles. The average Bonchev–Trinajstić information content (AvgIpc) is 2.46. The molecular weight excluding hydrogens is 381 g/mol. The number of nitrogens with one attached hydrogen (secondary N) is 1. The number of rotatable bonds is 3. The summed E-state index contributed by atoms with van der Waals surface area (Å²) in [4.78, 5) is 21.9. The molecule has 2 rings (SSSR count). The normalized spacial score (nSPS) is 18.8. The van der Waals surface area contributed by atoms with E-state index in [1.165, 1.54) is 6.42 Å². The third-order valence-electron chi connectivity index (χ3n) is 3.31. The summed E-state index contributed by atoms with van der Waals surface area (Å²) < 4.78 is 0. The van der Waals surface area contributed by atoms with Gasteiger partial charge in [-0.15, -0.1) is 24.0 Å². The molecule has 1 amide bonds. The number of likely N-dealkylation sites (tertiary alicyclic amines) is 1. The number of aromatic nitrogens is 1. The van der Waals surface area contributed by atoms with Crippen molar-refractivity contribution < 1.29 is 4.79 Å². The maximum Gasteiger partial charge on any atom is 0.246 e. The van der Waals surface area contributed by atoms with Gasteiger partial charge in [-0.2, -0.15) is 0 Å². The highest BCUT2D eigenvalue weighted by Gasteiger charge is 2.17. The van der Waals surface area contributed by atoms with Crippen LogP contribution in [0.15, 0.2) is 29.5 Å². The number of halogens is 1. The zero-order valence-corrected chi connectivity index (χ0v) is 14.5. The van der Waals surface area contributed by atoms with Crippen LogP contribution in [0.3, 0.4) is 0 Å². The number of pyridine rings is 1. The van der Waals surface area contributed by atoms with Gasteiger partial charge in [0.25, 0.3) is 0 Å². The predicted molar refractivity (Wildman–Crippen MR) is 94.7 cm³/mol. The molecule has 1 aliphatic rings. The molecule has 0 bridgehead atoms. The predicted octanol–water partition coefficient (Wildman–Crippen LogP) is 1.68. The summed E-state index contributed by atoms with van der Waals surface area (Å²) in [6.45, 7) is 4.07. The van der Waals surface area contributed by atoms with E-state index in [9.17, 15) is 4.79 Å². The van der Waals surface area contributed by atoms with Crippen molar-refractivity contribution in [2.75, 3.05) is 25.0 Å². The minimum absolute atomic E-state index is 0. The van der Waals surface area contributed by atoms with Crippen molar-refractivity contribution in [3.63, 3.8) is 0 Å². The number of aliphatic imine (C=N–C) groups is 1. The van der Waals surface area contributed by atoms with Crippen LogP contribution < -0.4 is 11.1 Å². The number of piperidine rings is 1. The lowest BCUT2D eigenvalue weighted by atomic mass is 10.0. The molecule has 0 spiro atoms. The number of hydrogen-bond acceptors (Lipinski definition) is 3. The fourth-order valence-corrected chi connectivity index (χ4v) is 2.29. The Labute approximate surface area is 142 Å². The third kappa shape index (κ3) is 5.86. The lowest BCUT2D eigenvalue weighted by molar-refractivity contribution is -0.114. The molecule has 3 N–H and O–H groups in total. The second-order valence-electron chi connectivity index (χ2n) is 5.16. The van der Waals surface area contributed by atoms with E-state index in [-0.39, 0.29) is 36.4 Å². The molecule has 1 aliphatic heterocycles. The Morgan fingerprint density at radius 2 is 2.43 bits per heavy atom. The van der Waals surface area contributed by atoms with Gasteiger partial charge < -0.3 is 16.0 Å². The Hall–Kier alpha value is -1.38. The van der Waals surface area contributed by atoms with Gasteiger partial charge in [-0.25, -0.2) is 4.99 Å². The molecule has 0 radical (unpaired) electrons. The van der Waals surface area contributed by atoms with Gasteiger partial charge in [0.2, 0.25) is 5.91 Å². The van der Waals surface area contributed by atoms with Crippen LogP contribution in [0.4, 0.5) is 5.69 Å². The third-order valence-corrected chi connectivity index (χ3v) is 3.31. The zero-order chi connectivity index (χ0) is 14.4. The smallest absolute Gasteiger partial charge is 0.246 e. The van der Waals surface area contributed by atoms with Gasteiger partial charge in [0.1, 0.15) is 6.54 Å². The Kier molecular flexibility index (Phi) is 7.41. The van der Waals surface area contributed by atoms with E-state index in [0.29, 0.717) is 17.6 Å². The first-order valence-electron chi connectivity index (χ1n) is 6.90. The van der Waals surface area contributed by atoms with Gasteiger partial charge in [-0.3, -0.25) is 9.78 Å². The standard InChI is InChI=1S/C14H21N5O.HI/c1-11-4-3-7-19(10-11)14(15)17-9-13(20)18-12-5-2-6-16-8-12;/h2,5-6,8,11H,3-4,7,9-10H2,1H3,(H2,15,17)(H,18,20);1H. The summed E-state index contributed by atoms with van der Waals surface area (Å²) in [5.74, 6) is 0.894. The van der Waals surface area contributed by atoms with Crippen molar-refractivity contribution in [3.8, 4) is 0 Å². The molecule has 1 fully saturated rings. The summed E-state index contributed by atoms with van der Waals surface area (Å²) in [5.41, 5.74) is 6.60. The Bertz CT molecular complexity index is 480. The first-order valence-corrected chi connectivity index (χ1v) is 6.90. The van der Waals surface area contributed by atoms with E-state index in [4.69, 9.17) is 5.73 Å². The quantitative estimate of drug-likeness (QED) is 0.457. The van der Waals surface area contributed by atoms with Crippen LogP contribution in [0.2, 0.25) is 0 Å². The van der Waals surface area contributed by atoms with Gasteiger partial charge in [-0.05, 0) is 30.9 Å². The Morgan fingerprint density at radius 1 is 1.62 bits per heavy atom. The molecule has 0 aromatic carbocycles. The van der Waals surface area contributed by atoms with E-state index < -0.39 is 0 Å². The number of anilines is 1. The minimum atomic E-state index is -0.189. The Balaban J connectivity index is 0.00000220. The van der Waals surface area contributed by atoms with Crippen LogP contribution in [-0.2, 0) is 4.79 Å². The average molecular weight is 403 g/mol. The lowest BCUT2D eigenvalue weighted by Gasteiger charge is -2.31. The van der Waals surface area contributed by atoms with Gasteiger partial charge in [0, 0.05) is 19.3 Å². The number of carbonyl (C=O) groups excluding carboxylic acids is 1. The second kappa shape index (κ2) is 8.81. The van der Waals surface area contributed by atoms with Crippen LogP contribution in [0.25, 0.3) is 0 Å². The van der Waals surface area contributed by atoms with E-state index in [1.54, 1.807) is 24.5 Å². The maximum absolute atomic E-state index is 11.7. The van der Waals surface area contributed by atoms with Crippen molar-refractivity contribution in [1.82, 2.24) is 9.88 Å². The lowest BCUT2D eigenvalue weighted by Crippen LogP contribution is -2.43. The number of amides is 1. The van der Waals surface area contributed by atoms with E-state index in [2.05, 4.69) is 22.2 Å². The topological polar surface area (TPSA) is 83.6 Å². The van der Waals surface area contributed by atoms with Crippen LogP contribution in [0, 0.1) is 5.92 Å². The van der Waals surface area contributed by atoms with Crippen molar-refractivity contribution in [1.29, 1.82) is 0 Å². The molecule has 1 aromatic rings. The summed E-state index contributed by atoms with van der Waals surface area (Å²) in [7, 11) is 0. The molecule has 0 aliphatic carbocycles. The van der Waals surface area contributed by atoms with Gasteiger partial charge in [0.05, 0.1) is 11.9 Å². The minimum Gasteiger partial charge on any atom is -0.370 e. The first kappa shape index (κ1) is 17.7. The molecule has 1 atom stereocenters. The molecule has 116 valence electrons. The van der Waals surface area contributed by atoms with Crippen LogP contribution in [-0.4, -0.2) is 41.4 Å². The molecular formula is C14H22IN5O. The van der Waals surface area contributed by atoms with E-state index >= 15 is 0 Å². The number of hydrogen-bond donors (Lipinski definition) is 2. The maximum atomic E-state index is 11.7. The van der Waals surface area contributed by atoms with E-state index in [0.717, 1.165) is 19.5 Å². The van der Waals surface area contributed by atoms with E-state index in [1.807, 2.05) is 4.90 Å².